The van der Waals surface area contributed by atoms with Crippen LogP contribution in [-0.4, -0.2) is 30.8 Å². The highest BCUT2D eigenvalue weighted by atomic mass is 79.9. The van der Waals surface area contributed by atoms with E-state index in [1.165, 1.54) is 7.11 Å². The van der Waals surface area contributed by atoms with Crippen molar-refractivity contribution in [2.75, 3.05) is 23.9 Å². The number of rotatable bonds is 7. The molecule has 1 saturated heterocycles. The lowest BCUT2D eigenvalue weighted by Gasteiger charge is -2.13. The van der Waals surface area contributed by atoms with E-state index in [0.29, 0.717) is 37.9 Å². The highest BCUT2D eigenvalue weighted by molar-refractivity contribution is 9.10. The van der Waals surface area contributed by atoms with Crippen LogP contribution in [0.25, 0.3) is 6.08 Å². The molecule has 3 amide bonds. The summed E-state index contributed by atoms with van der Waals surface area (Å²) in [5.41, 5.74) is 1.66. The maximum Gasteiger partial charge on any atom is 0.298 e. The molecule has 0 radical (unpaired) electrons. The number of benzene rings is 3. The van der Waals surface area contributed by atoms with Crippen LogP contribution in [0, 0.1) is 0 Å². The van der Waals surface area contributed by atoms with E-state index in [2.05, 4.69) is 21.2 Å². The summed E-state index contributed by atoms with van der Waals surface area (Å²) in [6.07, 6.45) is 1.59. The third-order valence-corrected chi connectivity index (χ3v) is 6.64. The topological polar surface area (TPSA) is 84.9 Å². The van der Waals surface area contributed by atoms with Gasteiger partial charge in [-0.25, -0.2) is 4.90 Å². The minimum atomic E-state index is -0.453. The number of ether oxygens (including phenoxy) is 2. The molecule has 1 N–H and O–H groups in total. The standard InChI is InChI=1S/C25H18BrClN2O5S/c1-33-20-10-15(11-22-24(31)29(25(32)35-22)18-9-5-6-16(27)12-18)19(26)13-21(20)34-14-23(30)28-17-7-3-2-4-8-17/h2-13H,14H2,1H3,(H,28,30)/b22-11+. The fraction of sp³-hybridized carbons (Fsp3) is 0.0800. The minimum Gasteiger partial charge on any atom is -0.493 e. The number of imide groups is 1. The van der Waals surface area contributed by atoms with Crippen LogP contribution in [0.3, 0.4) is 0 Å². The van der Waals surface area contributed by atoms with Crippen molar-refractivity contribution in [3.8, 4) is 11.5 Å². The molecule has 0 aliphatic carbocycles. The lowest BCUT2D eigenvalue weighted by atomic mass is 10.1. The highest BCUT2D eigenvalue weighted by Gasteiger charge is 2.36. The van der Waals surface area contributed by atoms with Gasteiger partial charge in [0.2, 0.25) is 0 Å². The molecule has 0 saturated carbocycles. The van der Waals surface area contributed by atoms with E-state index in [1.54, 1.807) is 54.6 Å². The molecule has 3 aromatic carbocycles. The Morgan fingerprint density at radius 1 is 1.09 bits per heavy atom. The maximum absolute atomic E-state index is 12.9. The third-order valence-electron chi connectivity index (χ3n) is 4.85. The van der Waals surface area contributed by atoms with Gasteiger partial charge in [0.15, 0.2) is 18.1 Å². The van der Waals surface area contributed by atoms with Gasteiger partial charge in [-0.3, -0.25) is 14.4 Å². The largest absolute Gasteiger partial charge is 0.493 e. The zero-order valence-electron chi connectivity index (χ0n) is 18.3. The summed E-state index contributed by atoms with van der Waals surface area (Å²) in [4.78, 5) is 39.0. The molecule has 7 nitrogen and oxygen atoms in total. The number of hydrogen-bond donors (Lipinski definition) is 1. The first-order chi connectivity index (χ1) is 16.9. The van der Waals surface area contributed by atoms with Gasteiger partial charge in [0, 0.05) is 15.2 Å². The lowest BCUT2D eigenvalue weighted by molar-refractivity contribution is -0.118. The number of anilines is 2. The van der Waals surface area contributed by atoms with Crippen molar-refractivity contribution in [3.63, 3.8) is 0 Å². The molecule has 3 aromatic rings. The van der Waals surface area contributed by atoms with E-state index < -0.39 is 11.1 Å². The molecule has 10 heteroatoms. The summed E-state index contributed by atoms with van der Waals surface area (Å²) in [5.74, 6) is -0.0769. The van der Waals surface area contributed by atoms with Crippen LogP contribution in [0.15, 0.2) is 76.1 Å². The number of para-hydroxylation sites is 1. The van der Waals surface area contributed by atoms with Gasteiger partial charge in [-0.2, -0.15) is 0 Å². The first kappa shape index (κ1) is 24.8. The number of carbonyl (C=O) groups is 3. The lowest BCUT2D eigenvalue weighted by Crippen LogP contribution is -2.27. The van der Waals surface area contributed by atoms with Crippen LogP contribution < -0.4 is 19.7 Å². The first-order valence-corrected chi connectivity index (χ1v) is 12.2. The van der Waals surface area contributed by atoms with Crippen molar-refractivity contribution in [2.24, 2.45) is 0 Å². The Kier molecular flexibility index (Phi) is 7.80. The van der Waals surface area contributed by atoms with Gasteiger partial charge in [0.05, 0.1) is 17.7 Å². The summed E-state index contributed by atoms with van der Waals surface area (Å²) in [5, 5.41) is 2.74. The average Bonchev–Trinajstić information content (AvgIpc) is 3.12. The Morgan fingerprint density at radius 2 is 1.86 bits per heavy atom. The molecule has 1 fully saturated rings. The highest BCUT2D eigenvalue weighted by Crippen LogP contribution is 2.39. The Balaban J connectivity index is 1.51. The Hall–Kier alpha value is -3.27. The quantitative estimate of drug-likeness (QED) is 0.331. The minimum absolute atomic E-state index is 0.227. The maximum atomic E-state index is 12.9. The van der Waals surface area contributed by atoms with Crippen LogP contribution in [-0.2, 0) is 9.59 Å². The molecule has 0 unspecified atom stereocenters. The van der Waals surface area contributed by atoms with Crippen molar-refractivity contribution in [2.45, 2.75) is 0 Å². The molecule has 0 bridgehead atoms. The first-order valence-electron chi connectivity index (χ1n) is 10.2. The second-order valence-electron chi connectivity index (χ2n) is 7.22. The number of thioether (sulfide) groups is 1. The molecule has 1 aliphatic rings. The number of methoxy groups -OCH3 is 1. The van der Waals surface area contributed by atoms with Gasteiger partial charge in [-0.15, -0.1) is 0 Å². The molecule has 1 heterocycles. The predicted molar refractivity (Wildman–Crippen MR) is 141 cm³/mol. The normalized spacial score (nSPS) is 14.4. The molecule has 1 aliphatic heterocycles. The van der Waals surface area contributed by atoms with Crippen molar-refractivity contribution in [3.05, 3.63) is 86.7 Å². The number of halogens is 2. The van der Waals surface area contributed by atoms with Crippen LogP contribution in [0.4, 0.5) is 16.2 Å². The summed E-state index contributed by atoms with van der Waals surface area (Å²) in [7, 11) is 1.47. The summed E-state index contributed by atoms with van der Waals surface area (Å²) < 4.78 is 11.7. The smallest absolute Gasteiger partial charge is 0.298 e. The molecule has 0 atom stereocenters. The SMILES string of the molecule is COc1cc(/C=C2/SC(=O)N(c3cccc(Cl)c3)C2=O)c(Br)cc1OCC(=O)Nc1ccccc1. The van der Waals surface area contributed by atoms with Gasteiger partial charge >= 0.3 is 0 Å². The molecular weight excluding hydrogens is 556 g/mol. The fourth-order valence-corrected chi connectivity index (χ4v) is 4.70. The zero-order valence-corrected chi connectivity index (χ0v) is 21.4. The zero-order chi connectivity index (χ0) is 24.9. The van der Waals surface area contributed by atoms with E-state index in [4.69, 9.17) is 21.1 Å². The molecule has 0 spiro atoms. The second-order valence-corrected chi connectivity index (χ2v) is 9.51. The van der Waals surface area contributed by atoms with Crippen LogP contribution in [0.5, 0.6) is 11.5 Å². The average molecular weight is 574 g/mol. The van der Waals surface area contributed by atoms with E-state index >= 15 is 0 Å². The van der Waals surface area contributed by atoms with Gasteiger partial charge in [0.1, 0.15) is 0 Å². The van der Waals surface area contributed by atoms with Crippen LogP contribution >= 0.6 is 39.3 Å². The Morgan fingerprint density at radius 3 is 2.57 bits per heavy atom. The number of nitrogens with zero attached hydrogens (tertiary/aromatic N) is 1. The molecular formula is C25H18BrClN2O5S. The van der Waals surface area contributed by atoms with Gasteiger partial charge in [-0.05, 0) is 65.9 Å². The predicted octanol–water partition coefficient (Wildman–Crippen LogP) is 6.37. The molecule has 178 valence electrons. The van der Waals surface area contributed by atoms with Gasteiger partial charge in [-0.1, -0.05) is 51.8 Å². The molecule has 4 rings (SSSR count). The number of nitrogens with one attached hydrogen (secondary N) is 1. The molecule has 0 aromatic heterocycles. The third kappa shape index (κ3) is 5.87. The van der Waals surface area contributed by atoms with Gasteiger partial charge < -0.3 is 14.8 Å². The van der Waals surface area contributed by atoms with Crippen LogP contribution in [0.1, 0.15) is 5.56 Å². The van der Waals surface area contributed by atoms with E-state index in [1.807, 2.05) is 18.2 Å². The summed E-state index contributed by atoms with van der Waals surface area (Å²) in [6.45, 7) is -0.227. The van der Waals surface area contributed by atoms with Gasteiger partial charge in [0.25, 0.3) is 17.1 Å². The van der Waals surface area contributed by atoms with Crippen molar-refractivity contribution in [1.82, 2.24) is 0 Å². The summed E-state index contributed by atoms with van der Waals surface area (Å²) >= 11 is 10.3. The van der Waals surface area contributed by atoms with Crippen molar-refractivity contribution >= 4 is 73.8 Å². The number of carbonyl (C=O) groups excluding carboxylic acids is 3. The fourth-order valence-electron chi connectivity index (χ4n) is 3.24. The van der Waals surface area contributed by atoms with E-state index in [-0.39, 0.29) is 17.4 Å². The second kappa shape index (κ2) is 11.0. The monoisotopic (exact) mass is 572 g/mol. The Bertz CT molecular complexity index is 1330. The number of amides is 3. The van der Waals surface area contributed by atoms with E-state index in [0.717, 1.165) is 16.7 Å². The Labute approximate surface area is 219 Å². The number of hydrogen-bond acceptors (Lipinski definition) is 6. The van der Waals surface area contributed by atoms with Crippen LogP contribution in [0.2, 0.25) is 5.02 Å². The summed E-state index contributed by atoms with van der Waals surface area (Å²) in [6, 6.07) is 18.9. The van der Waals surface area contributed by atoms with Crippen molar-refractivity contribution < 1.29 is 23.9 Å². The molecule has 35 heavy (non-hydrogen) atoms. The van der Waals surface area contributed by atoms with E-state index in [9.17, 15) is 14.4 Å². The van der Waals surface area contributed by atoms with Crippen molar-refractivity contribution in [1.29, 1.82) is 0 Å².